The van der Waals surface area contributed by atoms with Gasteiger partial charge in [-0.1, -0.05) is 48.0 Å². The molecule has 8 heteroatoms. The van der Waals surface area contributed by atoms with Gasteiger partial charge >= 0.3 is 0 Å². The number of likely N-dealkylation sites (tertiary alicyclic amines) is 1. The molecule has 0 aromatic heterocycles. The maximum absolute atomic E-state index is 13.4. The molecule has 6 nitrogen and oxygen atoms in total. The van der Waals surface area contributed by atoms with E-state index in [1.807, 2.05) is 47.4 Å². The van der Waals surface area contributed by atoms with Crippen LogP contribution >= 0.6 is 11.6 Å². The topological polar surface area (TPSA) is 66.9 Å². The van der Waals surface area contributed by atoms with E-state index >= 15 is 0 Å². The van der Waals surface area contributed by atoms with Gasteiger partial charge in [-0.15, -0.1) is 0 Å². The van der Waals surface area contributed by atoms with Crippen molar-refractivity contribution in [2.24, 2.45) is 5.41 Å². The second-order valence-electron chi connectivity index (χ2n) is 9.86. The van der Waals surface area contributed by atoms with Gasteiger partial charge in [0.05, 0.1) is 11.5 Å². The summed E-state index contributed by atoms with van der Waals surface area (Å²) >= 11 is 6.25. The number of benzene rings is 3. The number of amides is 1. The van der Waals surface area contributed by atoms with Gasteiger partial charge in [-0.3, -0.25) is 4.79 Å². The van der Waals surface area contributed by atoms with E-state index < -0.39 is 10.0 Å². The van der Waals surface area contributed by atoms with E-state index in [4.69, 9.17) is 16.3 Å². The van der Waals surface area contributed by atoms with Gasteiger partial charge in [0.25, 0.3) is 0 Å². The molecule has 2 fully saturated rings. The number of hydrogen-bond acceptors (Lipinski definition) is 4. The third kappa shape index (κ3) is 5.24. The highest BCUT2D eigenvalue weighted by molar-refractivity contribution is 7.89. The summed E-state index contributed by atoms with van der Waals surface area (Å²) in [7, 11) is -3.59. The standard InChI is InChI=1S/C28H31ClN2O4S/c29-26-9-4-6-22-20-24(11-12-25(22)26)36(33,34)31-18-15-28(21-31)13-16-30(17-14-28)27(32)10-5-19-35-23-7-2-1-3-8-23/h1-4,6-9,11-12,20H,5,10,13-19,21H2. The van der Waals surface area contributed by atoms with Gasteiger partial charge in [-0.2, -0.15) is 4.31 Å². The van der Waals surface area contributed by atoms with Crippen molar-refractivity contribution >= 4 is 38.3 Å². The zero-order valence-corrected chi connectivity index (χ0v) is 21.8. The van der Waals surface area contributed by atoms with Crippen molar-refractivity contribution in [1.82, 2.24) is 9.21 Å². The van der Waals surface area contributed by atoms with Gasteiger partial charge in [-0.05, 0) is 66.8 Å². The van der Waals surface area contributed by atoms with Gasteiger partial charge in [0, 0.05) is 43.0 Å². The first kappa shape index (κ1) is 25.1. The highest BCUT2D eigenvalue weighted by Crippen LogP contribution is 2.42. The molecule has 190 valence electrons. The molecule has 5 rings (SSSR count). The molecule has 1 spiro atoms. The van der Waals surface area contributed by atoms with Crippen LogP contribution in [0.15, 0.2) is 71.6 Å². The first-order valence-corrected chi connectivity index (χ1v) is 14.3. The van der Waals surface area contributed by atoms with Crippen LogP contribution in [0.3, 0.4) is 0 Å². The third-order valence-electron chi connectivity index (χ3n) is 7.56. The molecule has 0 radical (unpaired) electrons. The minimum atomic E-state index is -3.59. The lowest BCUT2D eigenvalue weighted by molar-refractivity contribution is -0.133. The molecular weight excluding hydrogens is 496 g/mol. The molecule has 0 atom stereocenters. The number of fused-ring (bicyclic) bond motifs is 1. The lowest BCUT2D eigenvalue weighted by Gasteiger charge is -2.39. The summed E-state index contributed by atoms with van der Waals surface area (Å²) in [6, 6.07) is 20.3. The average Bonchev–Trinajstić information content (AvgIpc) is 3.32. The number of halogens is 1. The summed E-state index contributed by atoms with van der Waals surface area (Å²) in [5.74, 6) is 0.969. The van der Waals surface area contributed by atoms with Crippen LogP contribution in [-0.2, 0) is 14.8 Å². The van der Waals surface area contributed by atoms with Crippen molar-refractivity contribution in [3.05, 3.63) is 71.8 Å². The van der Waals surface area contributed by atoms with E-state index in [0.717, 1.165) is 35.8 Å². The summed E-state index contributed by atoms with van der Waals surface area (Å²) in [4.78, 5) is 14.9. The van der Waals surface area contributed by atoms with Crippen molar-refractivity contribution in [2.45, 2.75) is 37.0 Å². The summed E-state index contributed by atoms with van der Waals surface area (Å²) in [5.41, 5.74) is -0.0551. The lowest BCUT2D eigenvalue weighted by atomic mass is 9.78. The number of ether oxygens (including phenoxy) is 1. The smallest absolute Gasteiger partial charge is 0.243 e. The van der Waals surface area contributed by atoms with Crippen LogP contribution in [0.2, 0.25) is 5.02 Å². The number of carbonyl (C=O) groups excluding carboxylic acids is 1. The minimum absolute atomic E-state index is 0.0551. The van der Waals surface area contributed by atoms with Crippen LogP contribution in [0.1, 0.15) is 32.1 Å². The zero-order chi connectivity index (χ0) is 25.2. The lowest BCUT2D eigenvalue weighted by Crippen LogP contribution is -2.44. The molecule has 0 aliphatic carbocycles. The number of hydrogen-bond donors (Lipinski definition) is 0. The Morgan fingerprint density at radius 1 is 0.944 bits per heavy atom. The van der Waals surface area contributed by atoms with Crippen molar-refractivity contribution in [3.8, 4) is 5.75 Å². The molecule has 2 saturated heterocycles. The molecule has 3 aromatic rings. The van der Waals surface area contributed by atoms with Crippen LogP contribution in [0.4, 0.5) is 0 Å². The molecular formula is C28H31ClN2O4S. The number of piperidine rings is 1. The largest absolute Gasteiger partial charge is 0.494 e. The number of nitrogens with zero attached hydrogens (tertiary/aromatic N) is 2. The van der Waals surface area contributed by atoms with E-state index in [1.54, 1.807) is 28.6 Å². The van der Waals surface area contributed by atoms with E-state index in [2.05, 4.69) is 0 Å². The van der Waals surface area contributed by atoms with Crippen molar-refractivity contribution in [1.29, 1.82) is 0 Å². The van der Waals surface area contributed by atoms with E-state index in [1.165, 1.54) is 0 Å². The molecule has 0 N–H and O–H groups in total. The number of carbonyl (C=O) groups is 1. The molecule has 3 aromatic carbocycles. The number of para-hydroxylation sites is 1. The van der Waals surface area contributed by atoms with Gasteiger partial charge in [0.15, 0.2) is 0 Å². The Morgan fingerprint density at radius 2 is 1.69 bits per heavy atom. The van der Waals surface area contributed by atoms with Gasteiger partial charge < -0.3 is 9.64 Å². The van der Waals surface area contributed by atoms with Crippen LogP contribution < -0.4 is 4.74 Å². The molecule has 2 aliphatic heterocycles. The normalized spacial score (nSPS) is 18.1. The predicted molar refractivity (Wildman–Crippen MR) is 142 cm³/mol. The van der Waals surface area contributed by atoms with Gasteiger partial charge in [0.2, 0.25) is 15.9 Å². The molecule has 2 heterocycles. The van der Waals surface area contributed by atoms with Crippen molar-refractivity contribution in [3.63, 3.8) is 0 Å². The first-order chi connectivity index (χ1) is 17.4. The second kappa shape index (κ2) is 10.4. The van der Waals surface area contributed by atoms with Crippen LogP contribution in [0.25, 0.3) is 10.8 Å². The minimum Gasteiger partial charge on any atom is -0.494 e. The fraction of sp³-hybridized carbons (Fsp3) is 0.393. The van der Waals surface area contributed by atoms with E-state index in [-0.39, 0.29) is 11.3 Å². The summed E-state index contributed by atoms with van der Waals surface area (Å²) in [6.07, 6.45) is 3.64. The monoisotopic (exact) mass is 526 g/mol. The van der Waals surface area contributed by atoms with Gasteiger partial charge in [-0.25, -0.2) is 8.42 Å². The van der Waals surface area contributed by atoms with E-state index in [9.17, 15) is 13.2 Å². The Labute approximate surface area is 217 Å². The van der Waals surface area contributed by atoms with Crippen molar-refractivity contribution in [2.75, 3.05) is 32.8 Å². The summed E-state index contributed by atoms with van der Waals surface area (Å²) < 4.78 is 34.2. The van der Waals surface area contributed by atoms with Crippen LogP contribution in [0, 0.1) is 5.41 Å². The predicted octanol–water partition coefficient (Wildman–Crippen LogP) is 5.36. The molecule has 0 bridgehead atoms. The van der Waals surface area contributed by atoms with Crippen LogP contribution in [-0.4, -0.2) is 56.3 Å². The van der Waals surface area contributed by atoms with Gasteiger partial charge in [0.1, 0.15) is 5.75 Å². The maximum atomic E-state index is 13.4. The molecule has 0 saturated carbocycles. The Hall–Kier alpha value is -2.61. The molecule has 36 heavy (non-hydrogen) atoms. The maximum Gasteiger partial charge on any atom is 0.243 e. The quantitative estimate of drug-likeness (QED) is 0.389. The zero-order valence-electron chi connectivity index (χ0n) is 20.2. The highest BCUT2D eigenvalue weighted by Gasteiger charge is 2.45. The second-order valence-corrected chi connectivity index (χ2v) is 12.2. The fourth-order valence-electron chi connectivity index (χ4n) is 5.36. The Morgan fingerprint density at radius 3 is 2.47 bits per heavy atom. The summed E-state index contributed by atoms with van der Waals surface area (Å²) in [6.45, 7) is 2.90. The summed E-state index contributed by atoms with van der Waals surface area (Å²) in [5, 5.41) is 2.28. The number of sulfonamides is 1. The highest BCUT2D eigenvalue weighted by atomic mass is 35.5. The Balaban J connectivity index is 1.14. The SMILES string of the molecule is O=C(CCCOc1ccccc1)N1CCC2(CC1)CCN(S(=O)(=O)c1ccc3c(Cl)cccc3c1)C2. The Bertz CT molecular complexity index is 1340. The third-order valence-corrected chi connectivity index (χ3v) is 9.73. The van der Waals surface area contributed by atoms with Crippen LogP contribution in [0.5, 0.6) is 5.75 Å². The first-order valence-electron chi connectivity index (χ1n) is 12.5. The average molecular weight is 527 g/mol. The number of rotatable bonds is 7. The van der Waals surface area contributed by atoms with Crippen molar-refractivity contribution < 1.29 is 17.9 Å². The van der Waals surface area contributed by atoms with E-state index in [0.29, 0.717) is 55.5 Å². The Kier molecular flexibility index (Phi) is 7.24. The molecule has 2 aliphatic rings. The molecule has 1 amide bonds. The fourth-order valence-corrected chi connectivity index (χ4v) is 7.19. The molecule has 0 unspecified atom stereocenters.